The quantitative estimate of drug-likeness (QED) is 0.908. The first-order valence-corrected chi connectivity index (χ1v) is 7.07. The summed E-state index contributed by atoms with van der Waals surface area (Å²) in [5.74, 6) is -0.0831. The topological polar surface area (TPSA) is 38.5 Å². The summed E-state index contributed by atoms with van der Waals surface area (Å²) in [6, 6.07) is 6.68. The molecule has 1 aliphatic heterocycles. The molecular formula is C16H22F2N2O. The molecule has 1 aromatic carbocycles. The molecular weight excluding hydrogens is 274 g/mol. The lowest BCUT2D eigenvalue weighted by atomic mass is 9.95. The van der Waals surface area contributed by atoms with E-state index in [1.807, 2.05) is 36.2 Å². The fraction of sp³-hybridized carbons (Fsp3) is 0.500. The number of hydrogen-bond donors (Lipinski definition) is 1. The normalized spacial score (nSPS) is 19.7. The zero-order valence-electron chi connectivity index (χ0n) is 12.5. The SMILES string of the molecule is COC(c1ccc(C2=C(F)CN(C)CC2)cc1)C(N)CF. The second-order valence-corrected chi connectivity index (χ2v) is 5.47. The minimum absolute atomic E-state index is 0.0831. The summed E-state index contributed by atoms with van der Waals surface area (Å²) in [5, 5.41) is 0. The van der Waals surface area contributed by atoms with Crippen LogP contribution < -0.4 is 5.73 Å². The Morgan fingerprint density at radius 1 is 1.33 bits per heavy atom. The fourth-order valence-corrected chi connectivity index (χ4v) is 2.66. The number of halogens is 2. The summed E-state index contributed by atoms with van der Waals surface area (Å²) < 4.78 is 32.0. The molecule has 0 spiro atoms. The zero-order valence-corrected chi connectivity index (χ0v) is 12.5. The molecule has 2 unspecified atom stereocenters. The van der Waals surface area contributed by atoms with E-state index in [9.17, 15) is 8.78 Å². The van der Waals surface area contributed by atoms with Crippen molar-refractivity contribution in [3.63, 3.8) is 0 Å². The molecule has 3 nitrogen and oxygen atoms in total. The second-order valence-electron chi connectivity index (χ2n) is 5.47. The van der Waals surface area contributed by atoms with Gasteiger partial charge in [0.25, 0.3) is 0 Å². The molecule has 0 saturated heterocycles. The van der Waals surface area contributed by atoms with Crippen molar-refractivity contribution in [3.05, 3.63) is 41.2 Å². The Kier molecular flexibility index (Phi) is 5.45. The maximum Gasteiger partial charge on any atom is 0.118 e. The predicted molar refractivity (Wildman–Crippen MR) is 80.3 cm³/mol. The molecule has 0 fully saturated rings. The van der Waals surface area contributed by atoms with Gasteiger partial charge in [-0.05, 0) is 30.2 Å². The van der Waals surface area contributed by atoms with Crippen LogP contribution in [0.3, 0.4) is 0 Å². The molecule has 0 aliphatic carbocycles. The van der Waals surface area contributed by atoms with Gasteiger partial charge in [0.2, 0.25) is 0 Å². The largest absolute Gasteiger partial charge is 0.375 e. The van der Waals surface area contributed by atoms with E-state index in [0.29, 0.717) is 13.0 Å². The maximum atomic E-state index is 14.0. The summed E-state index contributed by atoms with van der Waals surface area (Å²) in [4.78, 5) is 1.95. The van der Waals surface area contributed by atoms with Crippen molar-refractivity contribution in [1.29, 1.82) is 0 Å². The molecule has 0 bridgehead atoms. The smallest absolute Gasteiger partial charge is 0.118 e. The second kappa shape index (κ2) is 7.11. The first-order chi connectivity index (χ1) is 10.1. The average Bonchev–Trinajstić information content (AvgIpc) is 2.49. The van der Waals surface area contributed by atoms with Crippen molar-refractivity contribution in [2.45, 2.75) is 18.6 Å². The lowest BCUT2D eigenvalue weighted by Gasteiger charge is -2.24. The molecule has 21 heavy (non-hydrogen) atoms. The molecule has 2 N–H and O–H groups in total. The van der Waals surface area contributed by atoms with E-state index < -0.39 is 18.8 Å². The van der Waals surface area contributed by atoms with Crippen molar-refractivity contribution < 1.29 is 13.5 Å². The van der Waals surface area contributed by atoms with Crippen molar-refractivity contribution >= 4 is 5.57 Å². The van der Waals surface area contributed by atoms with Crippen LogP contribution in [0.2, 0.25) is 0 Å². The van der Waals surface area contributed by atoms with E-state index in [1.54, 1.807) is 0 Å². The van der Waals surface area contributed by atoms with Crippen molar-refractivity contribution in [3.8, 4) is 0 Å². The van der Waals surface area contributed by atoms with Gasteiger partial charge in [0, 0.05) is 13.7 Å². The lowest BCUT2D eigenvalue weighted by molar-refractivity contribution is 0.0721. The van der Waals surface area contributed by atoms with Crippen LogP contribution in [0.15, 0.2) is 30.1 Å². The van der Waals surface area contributed by atoms with Crippen LogP contribution in [-0.4, -0.2) is 44.9 Å². The molecule has 1 aromatic rings. The number of rotatable bonds is 5. The van der Waals surface area contributed by atoms with Crippen LogP contribution in [0.25, 0.3) is 5.57 Å². The number of hydrogen-bond acceptors (Lipinski definition) is 3. The van der Waals surface area contributed by atoms with Crippen LogP contribution in [0, 0.1) is 0 Å². The molecule has 116 valence electrons. The lowest BCUT2D eigenvalue weighted by Crippen LogP contribution is -2.31. The highest BCUT2D eigenvalue weighted by atomic mass is 19.1. The summed E-state index contributed by atoms with van der Waals surface area (Å²) >= 11 is 0. The zero-order chi connectivity index (χ0) is 15.4. The maximum absolute atomic E-state index is 14.0. The molecule has 0 amide bonds. The van der Waals surface area contributed by atoms with Gasteiger partial charge in [-0.25, -0.2) is 8.78 Å². The van der Waals surface area contributed by atoms with E-state index in [-0.39, 0.29) is 5.83 Å². The summed E-state index contributed by atoms with van der Waals surface area (Å²) in [7, 11) is 3.41. The van der Waals surface area contributed by atoms with Crippen LogP contribution >= 0.6 is 0 Å². The third kappa shape index (κ3) is 3.67. The Morgan fingerprint density at radius 3 is 2.52 bits per heavy atom. The van der Waals surface area contributed by atoms with Gasteiger partial charge in [0.15, 0.2) is 0 Å². The molecule has 0 aromatic heterocycles. The fourth-order valence-electron chi connectivity index (χ4n) is 2.66. The molecule has 0 radical (unpaired) electrons. The van der Waals surface area contributed by atoms with E-state index in [2.05, 4.69) is 0 Å². The summed E-state index contributed by atoms with van der Waals surface area (Å²) in [5.41, 5.74) is 8.13. The van der Waals surface area contributed by atoms with Gasteiger partial charge in [-0.2, -0.15) is 0 Å². The van der Waals surface area contributed by atoms with Gasteiger partial charge < -0.3 is 10.5 Å². The van der Waals surface area contributed by atoms with Gasteiger partial charge in [-0.1, -0.05) is 24.3 Å². The Hall–Kier alpha value is -1.30. The number of benzene rings is 1. The summed E-state index contributed by atoms with van der Waals surface area (Å²) in [6.45, 7) is 0.550. The van der Waals surface area contributed by atoms with Crippen molar-refractivity contribution in [2.24, 2.45) is 5.73 Å². The van der Waals surface area contributed by atoms with E-state index >= 15 is 0 Å². The van der Waals surface area contributed by atoms with E-state index in [0.717, 1.165) is 23.2 Å². The van der Waals surface area contributed by atoms with E-state index in [1.165, 1.54) is 7.11 Å². The molecule has 2 rings (SSSR count). The number of alkyl halides is 1. The van der Waals surface area contributed by atoms with Crippen LogP contribution in [0.5, 0.6) is 0 Å². The van der Waals surface area contributed by atoms with Gasteiger partial charge in [0.1, 0.15) is 12.5 Å². The number of ether oxygens (including phenoxy) is 1. The molecule has 2 atom stereocenters. The third-order valence-electron chi connectivity index (χ3n) is 3.89. The van der Waals surface area contributed by atoms with Gasteiger partial charge in [-0.15, -0.1) is 0 Å². The number of nitrogens with two attached hydrogens (primary N) is 1. The van der Waals surface area contributed by atoms with E-state index in [4.69, 9.17) is 10.5 Å². The third-order valence-corrected chi connectivity index (χ3v) is 3.89. The van der Waals surface area contributed by atoms with Gasteiger partial charge in [-0.3, -0.25) is 4.90 Å². The Morgan fingerprint density at radius 2 is 2.00 bits per heavy atom. The van der Waals surface area contributed by atoms with Crippen LogP contribution in [0.1, 0.15) is 23.7 Å². The molecule has 1 heterocycles. The number of nitrogens with zero attached hydrogens (tertiary/aromatic N) is 1. The minimum Gasteiger partial charge on any atom is -0.375 e. The van der Waals surface area contributed by atoms with Crippen molar-refractivity contribution in [1.82, 2.24) is 4.90 Å². The Bertz CT molecular complexity index is 502. The molecule has 1 aliphatic rings. The van der Waals surface area contributed by atoms with Crippen molar-refractivity contribution in [2.75, 3.05) is 33.9 Å². The molecule has 0 saturated carbocycles. The Balaban J connectivity index is 2.21. The van der Waals surface area contributed by atoms with Crippen LogP contribution in [-0.2, 0) is 4.74 Å². The Labute approximate surface area is 124 Å². The van der Waals surface area contributed by atoms with Gasteiger partial charge >= 0.3 is 0 Å². The number of methoxy groups -OCH3 is 1. The predicted octanol–water partition coefficient (Wildman–Crippen LogP) is 2.69. The minimum atomic E-state index is -0.694. The van der Waals surface area contributed by atoms with Crippen LogP contribution in [0.4, 0.5) is 8.78 Å². The van der Waals surface area contributed by atoms with Gasteiger partial charge in [0.05, 0.1) is 18.7 Å². The monoisotopic (exact) mass is 296 g/mol. The highest BCUT2D eigenvalue weighted by Crippen LogP contribution is 2.29. The standard InChI is InChI=1S/C16H22F2N2O/c1-20-8-7-13(14(18)10-20)11-3-5-12(6-4-11)16(21-2)15(19)9-17/h3-6,15-16H,7-10,19H2,1-2H3. The average molecular weight is 296 g/mol. The number of likely N-dealkylation sites (N-methyl/N-ethyl adjacent to an activating group) is 1. The first kappa shape index (κ1) is 16.1. The summed E-state index contributed by atoms with van der Waals surface area (Å²) in [6.07, 6.45) is 0.208. The highest BCUT2D eigenvalue weighted by Gasteiger charge is 2.21. The highest BCUT2D eigenvalue weighted by molar-refractivity contribution is 5.68. The first-order valence-electron chi connectivity index (χ1n) is 7.07. The molecule has 5 heteroatoms.